The zero-order valence-corrected chi connectivity index (χ0v) is 10.1. The van der Waals surface area contributed by atoms with E-state index < -0.39 is 0 Å². The first-order chi connectivity index (χ1) is 6.41. The molecule has 0 atom stereocenters. The summed E-state index contributed by atoms with van der Waals surface area (Å²) in [6.45, 7) is 0.701. The summed E-state index contributed by atoms with van der Waals surface area (Å²) in [6.07, 6.45) is 6.91. The van der Waals surface area contributed by atoms with E-state index in [0.29, 0.717) is 13.2 Å². The van der Waals surface area contributed by atoms with Gasteiger partial charge in [0.2, 0.25) is 0 Å². The van der Waals surface area contributed by atoms with Gasteiger partial charge in [0.05, 0.1) is 0 Å². The summed E-state index contributed by atoms with van der Waals surface area (Å²) >= 11 is 0.810. The molecule has 0 aromatic rings. The molecule has 0 aliphatic rings. The Morgan fingerprint density at radius 1 is 0.615 bits per heavy atom. The van der Waals surface area contributed by atoms with Crippen molar-refractivity contribution < 1.29 is 10.2 Å². The van der Waals surface area contributed by atoms with Crippen LogP contribution in [-0.2, 0) is 0 Å². The molecule has 0 aromatic carbocycles. The topological polar surface area (TPSA) is 40.5 Å². The van der Waals surface area contributed by atoms with Gasteiger partial charge in [-0.25, -0.2) is 0 Å². The van der Waals surface area contributed by atoms with Crippen molar-refractivity contribution in [3.05, 3.63) is 0 Å². The fourth-order valence-electron chi connectivity index (χ4n) is 1.09. The van der Waals surface area contributed by atoms with Gasteiger partial charge in [-0.05, 0) is 0 Å². The van der Waals surface area contributed by atoms with Gasteiger partial charge in [-0.15, -0.1) is 0 Å². The second-order valence-corrected chi connectivity index (χ2v) is 5.75. The fourth-order valence-corrected chi connectivity index (χ4v) is 3.23. The second kappa shape index (κ2) is 12.4. The normalized spacial score (nSPS) is 10.6. The van der Waals surface area contributed by atoms with E-state index in [1.165, 1.54) is 36.3 Å². The van der Waals surface area contributed by atoms with E-state index in [1.807, 2.05) is 0 Å². The van der Waals surface area contributed by atoms with E-state index in [4.69, 9.17) is 10.2 Å². The Labute approximate surface area is 87.9 Å². The van der Waals surface area contributed by atoms with Gasteiger partial charge in [-0.3, -0.25) is 0 Å². The van der Waals surface area contributed by atoms with Crippen LogP contribution in [0.3, 0.4) is 0 Å². The standard InChI is InChI=1S/C10H22O2Se/c11-7-3-1-5-9-13-10-6-2-4-8-12/h11-12H,1-10H2. The molecule has 13 heavy (non-hydrogen) atoms. The number of hydrogen-bond acceptors (Lipinski definition) is 2. The molecule has 0 aliphatic carbocycles. The maximum absolute atomic E-state index is 8.55. The summed E-state index contributed by atoms with van der Waals surface area (Å²) in [4.78, 5) is 0. The van der Waals surface area contributed by atoms with E-state index in [2.05, 4.69) is 0 Å². The van der Waals surface area contributed by atoms with Crippen molar-refractivity contribution in [1.29, 1.82) is 0 Å². The second-order valence-electron chi connectivity index (χ2n) is 3.18. The molecule has 0 saturated heterocycles. The molecule has 0 amide bonds. The Balaban J connectivity index is 2.76. The first-order valence-corrected chi connectivity index (χ1v) is 7.63. The molecule has 0 fully saturated rings. The monoisotopic (exact) mass is 254 g/mol. The molecule has 0 heterocycles. The molecule has 0 aliphatic heterocycles. The van der Waals surface area contributed by atoms with Gasteiger partial charge in [-0.2, -0.15) is 0 Å². The molecule has 0 bridgehead atoms. The Bertz CT molecular complexity index is 79.0. The van der Waals surface area contributed by atoms with Crippen molar-refractivity contribution in [3.63, 3.8) is 0 Å². The van der Waals surface area contributed by atoms with E-state index in [-0.39, 0.29) is 0 Å². The van der Waals surface area contributed by atoms with E-state index >= 15 is 0 Å². The van der Waals surface area contributed by atoms with Crippen LogP contribution < -0.4 is 0 Å². The molecule has 0 unspecified atom stereocenters. The van der Waals surface area contributed by atoms with Gasteiger partial charge >= 0.3 is 87.5 Å². The van der Waals surface area contributed by atoms with Gasteiger partial charge in [-0.1, -0.05) is 0 Å². The number of aliphatic hydroxyl groups is 2. The molecule has 0 radical (unpaired) electrons. The molecule has 0 spiro atoms. The molecule has 2 nitrogen and oxygen atoms in total. The van der Waals surface area contributed by atoms with Crippen LogP contribution >= 0.6 is 0 Å². The molecule has 0 aromatic heterocycles. The Morgan fingerprint density at radius 2 is 1.08 bits per heavy atom. The quantitative estimate of drug-likeness (QED) is 0.461. The van der Waals surface area contributed by atoms with Crippen LogP contribution in [0.15, 0.2) is 0 Å². The third-order valence-corrected chi connectivity index (χ3v) is 4.32. The molecule has 0 rings (SSSR count). The Kier molecular flexibility index (Phi) is 12.9. The minimum absolute atomic E-state index is 0.351. The van der Waals surface area contributed by atoms with Crippen LogP contribution in [0.2, 0.25) is 10.6 Å². The summed E-state index contributed by atoms with van der Waals surface area (Å²) in [6, 6.07) is 0. The van der Waals surface area contributed by atoms with Gasteiger partial charge in [0.15, 0.2) is 0 Å². The van der Waals surface area contributed by atoms with Crippen molar-refractivity contribution in [2.24, 2.45) is 0 Å². The first-order valence-electron chi connectivity index (χ1n) is 5.21. The molecular formula is C10H22O2Se. The van der Waals surface area contributed by atoms with Crippen LogP contribution in [0.5, 0.6) is 0 Å². The van der Waals surface area contributed by atoms with Crippen molar-refractivity contribution in [2.75, 3.05) is 13.2 Å². The van der Waals surface area contributed by atoms with Crippen LogP contribution in [0.4, 0.5) is 0 Å². The van der Waals surface area contributed by atoms with E-state index in [0.717, 1.165) is 27.8 Å². The number of unbranched alkanes of at least 4 members (excludes halogenated alkanes) is 4. The van der Waals surface area contributed by atoms with Gasteiger partial charge < -0.3 is 0 Å². The van der Waals surface area contributed by atoms with E-state index in [1.54, 1.807) is 0 Å². The fraction of sp³-hybridized carbons (Fsp3) is 1.00. The van der Waals surface area contributed by atoms with Crippen molar-refractivity contribution >= 4 is 15.0 Å². The molecular weight excluding hydrogens is 231 g/mol. The summed E-state index contributed by atoms with van der Waals surface area (Å²) in [5, 5.41) is 19.8. The zero-order chi connectivity index (χ0) is 9.78. The average Bonchev–Trinajstić information content (AvgIpc) is 2.16. The minimum atomic E-state index is 0.351. The number of aliphatic hydroxyl groups excluding tert-OH is 2. The van der Waals surface area contributed by atoms with Gasteiger partial charge in [0, 0.05) is 0 Å². The summed E-state index contributed by atoms with van der Waals surface area (Å²) in [5.41, 5.74) is 0. The third-order valence-electron chi connectivity index (χ3n) is 1.89. The first kappa shape index (κ1) is 13.4. The van der Waals surface area contributed by atoms with Crippen molar-refractivity contribution in [3.8, 4) is 0 Å². The van der Waals surface area contributed by atoms with Gasteiger partial charge in [0.25, 0.3) is 0 Å². The average molecular weight is 253 g/mol. The zero-order valence-electron chi connectivity index (χ0n) is 8.37. The number of hydrogen-bond donors (Lipinski definition) is 2. The number of rotatable bonds is 10. The van der Waals surface area contributed by atoms with Crippen LogP contribution in [-0.4, -0.2) is 38.4 Å². The Hall–Kier alpha value is 0.439. The SMILES string of the molecule is OCCCCC[Se]CCCCCO. The molecule has 3 heteroatoms. The van der Waals surface area contributed by atoms with Crippen LogP contribution in [0.25, 0.3) is 0 Å². The van der Waals surface area contributed by atoms with Crippen LogP contribution in [0.1, 0.15) is 38.5 Å². The third kappa shape index (κ3) is 12.4. The summed E-state index contributed by atoms with van der Waals surface area (Å²) < 4.78 is 0. The maximum atomic E-state index is 8.55. The van der Waals surface area contributed by atoms with Gasteiger partial charge in [0.1, 0.15) is 0 Å². The molecule has 0 saturated carbocycles. The Morgan fingerprint density at radius 3 is 1.46 bits per heavy atom. The van der Waals surface area contributed by atoms with Crippen LogP contribution in [0, 0.1) is 0 Å². The van der Waals surface area contributed by atoms with Crippen molar-refractivity contribution in [1.82, 2.24) is 0 Å². The molecule has 80 valence electrons. The predicted octanol–water partition coefficient (Wildman–Crippen LogP) is 1.85. The van der Waals surface area contributed by atoms with Crippen molar-refractivity contribution in [2.45, 2.75) is 49.2 Å². The summed E-state index contributed by atoms with van der Waals surface area (Å²) in [7, 11) is 0. The predicted molar refractivity (Wildman–Crippen MR) is 57.2 cm³/mol. The summed E-state index contributed by atoms with van der Waals surface area (Å²) in [5.74, 6) is 0. The molecule has 2 N–H and O–H groups in total. The van der Waals surface area contributed by atoms with E-state index in [9.17, 15) is 0 Å².